The van der Waals surface area contributed by atoms with Crippen LogP contribution in [-0.4, -0.2) is 40.8 Å². The number of halogens is 7. The quantitative estimate of drug-likeness (QED) is 0.439. The number of anilines is 1. The molecular weight excluding hydrogens is 511 g/mol. The second-order valence-corrected chi connectivity index (χ2v) is 8.03. The van der Waals surface area contributed by atoms with Crippen LogP contribution in [0.3, 0.4) is 0 Å². The molecule has 6 nitrogen and oxygen atoms in total. The second-order valence-electron chi connectivity index (χ2n) is 8.03. The molecule has 0 fully saturated rings. The summed E-state index contributed by atoms with van der Waals surface area (Å²) in [5.41, 5.74) is -0.235. The Morgan fingerprint density at radius 3 is 2.41 bits per heavy atom. The number of rotatable bonds is 5. The summed E-state index contributed by atoms with van der Waals surface area (Å²) in [7, 11) is 0. The Labute approximate surface area is 204 Å². The topological polar surface area (TPSA) is 71.5 Å². The van der Waals surface area contributed by atoms with E-state index in [-0.39, 0.29) is 22.4 Å². The van der Waals surface area contributed by atoms with Crippen LogP contribution in [0, 0.1) is 5.82 Å². The van der Waals surface area contributed by atoms with Gasteiger partial charge in [0.2, 0.25) is 5.91 Å². The van der Waals surface area contributed by atoms with Gasteiger partial charge in [-0.1, -0.05) is 24.3 Å². The summed E-state index contributed by atoms with van der Waals surface area (Å²) in [6.45, 7) is -1.68. The maximum absolute atomic E-state index is 13.8. The monoisotopic (exact) mass is 527 g/mol. The lowest BCUT2D eigenvalue weighted by Crippen LogP contribution is -2.49. The van der Waals surface area contributed by atoms with Crippen LogP contribution < -0.4 is 10.1 Å². The Morgan fingerprint density at radius 2 is 1.76 bits per heavy atom. The summed E-state index contributed by atoms with van der Waals surface area (Å²) < 4.78 is 95.9. The van der Waals surface area contributed by atoms with E-state index in [0.29, 0.717) is 17.0 Å². The fourth-order valence-corrected chi connectivity index (χ4v) is 4.17. The molecule has 194 valence electrons. The highest BCUT2D eigenvalue weighted by Crippen LogP contribution is 2.44. The molecule has 2 heterocycles. The second kappa shape index (κ2) is 9.71. The molecule has 2 atom stereocenters. The van der Waals surface area contributed by atoms with Gasteiger partial charge in [-0.15, -0.1) is 13.2 Å². The first-order chi connectivity index (χ1) is 17.3. The van der Waals surface area contributed by atoms with Gasteiger partial charge in [0.25, 0.3) is 5.91 Å². The van der Waals surface area contributed by atoms with E-state index in [1.54, 1.807) is 0 Å². The molecule has 4 rings (SSSR count). The standard InChI is InChI=1S/C24H16F7N3O3/c25-17-8-7-14(10-18(17)37-24(29,30)31)33-21(35)19-15-5-1-2-6-16(15)22(36)34(12-23(26,27)28)20(19)13-4-3-9-32-11-13/h1-11,19-20H,12H2,(H,33,35). The van der Waals surface area contributed by atoms with E-state index >= 15 is 0 Å². The van der Waals surface area contributed by atoms with Crippen molar-refractivity contribution in [2.24, 2.45) is 0 Å². The van der Waals surface area contributed by atoms with Crippen molar-refractivity contribution in [3.05, 3.63) is 89.5 Å². The van der Waals surface area contributed by atoms with E-state index in [4.69, 9.17) is 0 Å². The highest BCUT2D eigenvalue weighted by molar-refractivity contribution is 6.04. The van der Waals surface area contributed by atoms with Crippen molar-refractivity contribution in [2.45, 2.75) is 24.5 Å². The first kappa shape index (κ1) is 25.9. The smallest absolute Gasteiger partial charge is 0.403 e. The molecule has 2 aromatic carbocycles. The molecule has 1 aliphatic heterocycles. The number of fused-ring (bicyclic) bond motifs is 1. The van der Waals surface area contributed by atoms with Crippen molar-refractivity contribution in [2.75, 3.05) is 11.9 Å². The number of benzene rings is 2. The van der Waals surface area contributed by atoms with Crippen LogP contribution in [-0.2, 0) is 4.79 Å². The molecule has 1 N–H and O–H groups in total. The maximum Gasteiger partial charge on any atom is 0.573 e. The van der Waals surface area contributed by atoms with Crippen LogP contribution in [0.15, 0.2) is 67.0 Å². The average Bonchev–Trinajstić information content (AvgIpc) is 2.81. The van der Waals surface area contributed by atoms with E-state index in [1.807, 2.05) is 0 Å². The lowest BCUT2D eigenvalue weighted by molar-refractivity contribution is -0.275. The van der Waals surface area contributed by atoms with Crippen molar-refractivity contribution < 1.29 is 45.1 Å². The van der Waals surface area contributed by atoms with Crippen molar-refractivity contribution in [1.82, 2.24) is 9.88 Å². The molecular formula is C24H16F7N3O3. The van der Waals surface area contributed by atoms with E-state index in [2.05, 4.69) is 15.0 Å². The SMILES string of the molecule is O=C(Nc1ccc(F)c(OC(F)(F)F)c1)C1c2ccccc2C(=O)N(CC(F)(F)F)C1c1cccnc1. The number of carbonyl (C=O) groups is 2. The zero-order valence-corrected chi connectivity index (χ0v) is 18.5. The number of amides is 2. The van der Waals surface area contributed by atoms with Crippen LogP contribution >= 0.6 is 0 Å². The summed E-state index contributed by atoms with van der Waals surface area (Å²) in [5.74, 6) is -5.92. The molecule has 3 aromatic rings. The number of alkyl halides is 6. The van der Waals surface area contributed by atoms with Crippen LogP contribution in [0.5, 0.6) is 5.75 Å². The van der Waals surface area contributed by atoms with Crippen molar-refractivity contribution in [1.29, 1.82) is 0 Å². The minimum Gasteiger partial charge on any atom is -0.403 e. The zero-order chi connectivity index (χ0) is 27.0. The highest BCUT2D eigenvalue weighted by Gasteiger charge is 2.48. The summed E-state index contributed by atoms with van der Waals surface area (Å²) >= 11 is 0. The molecule has 1 aliphatic rings. The summed E-state index contributed by atoms with van der Waals surface area (Å²) in [4.78, 5) is 31.0. The summed E-state index contributed by atoms with van der Waals surface area (Å²) in [5, 5.41) is 2.31. The zero-order valence-electron chi connectivity index (χ0n) is 18.5. The number of nitrogens with one attached hydrogen (secondary N) is 1. The van der Waals surface area contributed by atoms with Crippen molar-refractivity contribution in [3.63, 3.8) is 0 Å². The number of pyridine rings is 1. The number of ether oxygens (including phenoxy) is 1. The van der Waals surface area contributed by atoms with Crippen molar-refractivity contribution >= 4 is 17.5 Å². The predicted octanol–water partition coefficient (Wildman–Crippen LogP) is 5.60. The lowest BCUT2D eigenvalue weighted by atomic mass is 9.79. The minimum absolute atomic E-state index is 0.103. The fourth-order valence-electron chi connectivity index (χ4n) is 4.17. The normalized spacial score (nSPS) is 17.8. The molecule has 2 amide bonds. The lowest BCUT2D eigenvalue weighted by Gasteiger charge is -2.41. The number of aromatic nitrogens is 1. The molecule has 13 heteroatoms. The minimum atomic E-state index is -5.21. The third-order valence-corrected chi connectivity index (χ3v) is 5.52. The van der Waals surface area contributed by atoms with Crippen LogP contribution in [0.2, 0.25) is 0 Å². The van der Waals surface area contributed by atoms with Gasteiger partial charge in [0.05, 0.1) is 12.0 Å². The molecule has 0 aliphatic carbocycles. The molecule has 2 unspecified atom stereocenters. The molecule has 37 heavy (non-hydrogen) atoms. The van der Waals surface area contributed by atoms with Crippen molar-refractivity contribution in [3.8, 4) is 5.75 Å². The van der Waals surface area contributed by atoms with Crippen LogP contribution in [0.1, 0.15) is 33.4 Å². The molecule has 0 saturated carbocycles. The highest BCUT2D eigenvalue weighted by atomic mass is 19.4. The first-order valence-corrected chi connectivity index (χ1v) is 10.6. The fraction of sp³-hybridized carbons (Fsp3) is 0.208. The summed E-state index contributed by atoms with van der Waals surface area (Å²) in [6, 6.07) is 9.10. The summed E-state index contributed by atoms with van der Waals surface area (Å²) in [6.07, 6.45) is -7.46. The van der Waals surface area contributed by atoms with Gasteiger partial charge in [-0.25, -0.2) is 4.39 Å². The molecule has 0 saturated heterocycles. The Balaban J connectivity index is 1.79. The van der Waals surface area contributed by atoms with Gasteiger partial charge in [0, 0.05) is 29.7 Å². The van der Waals surface area contributed by atoms with Gasteiger partial charge in [0.15, 0.2) is 11.6 Å². The number of hydrogen-bond acceptors (Lipinski definition) is 4. The molecule has 1 aromatic heterocycles. The predicted molar refractivity (Wildman–Crippen MR) is 115 cm³/mol. The first-order valence-electron chi connectivity index (χ1n) is 10.6. The number of carbonyl (C=O) groups excluding carboxylic acids is 2. The van der Waals surface area contributed by atoms with Crippen LogP contribution in [0.25, 0.3) is 0 Å². The maximum atomic E-state index is 13.8. The van der Waals surface area contributed by atoms with Crippen LogP contribution in [0.4, 0.5) is 36.4 Å². The number of hydrogen-bond donors (Lipinski definition) is 1. The number of nitrogens with zero attached hydrogens (tertiary/aromatic N) is 2. The third-order valence-electron chi connectivity index (χ3n) is 5.52. The Morgan fingerprint density at radius 1 is 1.03 bits per heavy atom. The third kappa shape index (κ3) is 5.81. The van der Waals surface area contributed by atoms with Gasteiger partial charge in [0.1, 0.15) is 6.54 Å². The largest absolute Gasteiger partial charge is 0.573 e. The van der Waals surface area contributed by atoms with Gasteiger partial charge in [-0.05, 0) is 35.4 Å². The van der Waals surface area contributed by atoms with Gasteiger partial charge in [-0.2, -0.15) is 13.2 Å². The van der Waals surface area contributed by atoms with Gasteiger partial charge < -0.3 is 15.0 Å². The Hall–Kier alpha value is -4.16. The Kier molecular flexibility index (Phi) is 6.80. The van der Waals surface area contributed by atoms with E-state index in [9.17, 15) is 40.3 Å². The van der Waals surface area contributed by atoms with E-state index in [1.165, 1.54) is 48.8 Å². The Bertz CT molecular complexity index is 1310. The van der Waals surface area contributed by atoms with E-state index < -0.39 is 54.4 Å². The molecule has 0 radical (unpaired) electrons. The van der Waals surface area contributed by atoms with Gasteiger partial charge in [-0.3, -0.25) is 14.6 Å². The van der Waals surface area contributed by atoms with Gasteiger partial charge >= 0.3 is 12.5 Å². The average molecular weight is 527 g/mol. The van der Waals surface area contributed by atoms with E-state index in [0.717, 1.165) is 6.07 Å². The molecule has 0 bridgehead atoms. The molecule has 0 spiro atoms.